The van der Waals surface area contributed by atoms with Crippen LogP contribution < -0.4 is 0 Å². The second kappa shape index (κ2) is 9.89. The van der Waals surface area contributed by atoms with Gasteiger partial charge < -0.3 is 9.64 Å². The Bertz CT molecular complexity index is 965. The number of aryl methyl sites for hydroxylation is 3. The molecule has 1 amide bonds. The molecule has 0 spiro atoms. The minimum absolute atomic E-state index is 0.189. The first-order valence-corrected chi connectivity index (χ1v) is 12.2. The third-order valence-electron chi connectivity index (χ3n) is 6.91. The van der Waals surface area contributed by atoms with Crippen LogP contribution in [0.1, 0.15) is 55.0 Å². The van der Waals surface area contributed by atoms with Gasteiger partial charge in [-0.2, -0.15) is 5.10 Å². The van der Waals surface area contributed by atoms with Gasteiger partial charge in [0.1, 0.15) is 0 Å². The van der Waals surface area contributed by atoms with Gasteiger partial charge in [0.2, 0.25) is 5.91 Å². The fourth-order valence-corrected chi connectivity index (χ4v) is 5.35. The Kier molecular flexibility index (Phi) is 7.14. The fourth-order valence-electron chi connectivity index (χ4n) is 5.35. The maximum Gasteiger partial charge on any atom is 0.251 e. The number of carbonyl (C=O) groups excluding carboxylic acids is 1. The summed E-state index contributed by atoms with van der Waals surface area (Å²) in [4.78, 5) is 26.8. The van der Waals surface area contributed by atoms with Crippen LogP contribution in [0.2, 0.25) is 0 Å². The molecule has 2 unspecified atom stereocenters. The lowest BCUT2D eigenvalue weighted by Gasteiger charge is -2.39. The lowest BCUT2D eigenvalue weighted by molar-refractivity contribution is -0.132. The van der Waals surface area contributed by atoms with E-state index in [9.17, 15) is 4.79 Å². The second-order valence-corrected chi connectivity index (χ2v) is 9.99. The SMILES string of the molecule is Cc1cc(C)nc(-n2nc(C)c(CC(=O)N3CCC(CN4CC(C)OC(C)C4)CC3)c2C)n1. The van der Waals surface area contributed by atoms with Crippen molar-refractivity contribution in [2.75, 3.05) is 32.7 Å². The summed E-state index contributed by atoms with van der Waals surface area (Å²) in [6.45, 7) is 17.0. The molecule has 2 fully saturated rings. The van der Waals surface area contributed by atoms with Gasteiger partial charge in [-0.15, -0.1) is 0 Å². The number of carbonyl (C=O) groups is 1. The molecular weight excluding hydrogens is 416 g/mol. The van der Waals surface area contributed by atoms with Gasteiger partial charge in [0, 0.05) is 55.4 Å². The molecule has 33 heavy (non-hydrogen) atoms. The topological polar surface area (TPSA) is 76.4 Å². The van der Waals surface area contributed by atoms with Crippen LogP contribution in [-0.4, -0.2) is 80.4 Å². The molecule has 0 saturated carbocycles. The Morgan fingerprint density at radius 3 is 2.24 bits per heavy atom. The highest BCUT2D eigenvalue weighted by Crippen LogP contribution is 2.23. The summed E-state index contributed by atoms with van der Waals surface area (Å²) in [5.41, 5.74) is 4.62. The van der Waals surface area contributed by atoms with E-state index in [-0.39, 0.29) is 5.91 Å². The summed E-state index contributed by atoms with van der Waals surface area (Å²) in [6, 6.07) is 1.95. The number of likely N-dealkylation sites (tertiary alicyclic amines) is 1. The van der Waals surface area contributed by atoms with Crippen LogP contribution in [-0.2, 0) is 16.0 Å². The first-order chi connectivity index (χ1) is 15.7. The standard InChI is InChI=1S/C25H38N6O2/c1-16-11-17(2)27-25(26-16)31-21(6)23(20(5)28-31)12-24(32)30-9-7-22(8-10-30)15-29-13-18(3)33-19(4)14-29/h11,18-19,22H,7-10,12-15H2,1-6H3. The molecule has 8 heteroatoms. The highest BCUT2D eigenvalue weighted by Gasteiger charge is 2.28. The quantitative estimate of drug-likeness (QED) is 0.692. The van der Waals surface area contributed by atoms with Crippen molar-refractivity contribution >= 4 is 5.91 Å². The van der Waals surface area contributed by atoms with Gasteiger partial charge in [0.25, 0.3) is 5.95 Å². The normalized spacial score (nSPS) is 22.7. The van der Waals surface area contributed by atoms with Gasteiger partial charge in [-0.05, 0) is 66.4 Å². The van der Waals surface area contributed by atoms with E-state index in [1.165, 1.54) is 0 Å². The van der Waals surface area contributed by atoms with Crippen molar-refractivity contribution in [3.05, 3.63) is 34.4 Å². The number of nitrogens with zero attached hydrogens (tertiary/aromatic N) is 6. The highest BCUT2D eigenvalue weighted by atomic mass is 16.5. The molecule has 4 rings (SSSR count). The Morgan fingerprint density at radius 2 is 1.64 bits per heavy atom. The molecule has 2 saturated heterocycles. The molecule has 2 aromatic heterocycles. The number of aromatic nitrogens is 4. The zero-order valence-corrected chi connectivity index (χ0v) is 21.0. The molecule has 0 aromatic carbocycles. The van der Waals surface area contributed by atoms with Crippen LogP contribution >= 0.6 is 0 Å². The molecule has 2 aliphatic rings. The van der Waals surface area contributed by atoms with E-state index in [1.807, 2.05) is 38.7 Å². The van der Waals surface area contributed by atoms with Gasteiger partial charge in [0.15, 0.2) is 0 Å². The van der Waals surface area contributed by atoms with E-state index in [0.717, 1.165) is 73.9 Å². The van der Waals surface area contributed by atoms with E-state index in [0.29, 0.717) is 30.5 Å². The summed E-state index contributed by atoms with van der Waals surface area (Å²) in [6.07, 6.45) is 3.12. The third kappa shape index (κ3) is 5.61. The molecule has 0 radical (unpaired) electrons. The van der Waals surface area contributed by atoms with Gasteiger partial charge in [0.05, 0.1) is 24.3 Å². The largest absolute Gasteiger partial charge is 0.373 e. The van der Waals surface area contributed by atoms with Crippen molar-refractivity contribution in [3.8, 4) is 5.95 Å². The zero-order valence-electron chi connectivity index (χ0n) is 21.0. The van der Waals surface area contributed by atoms with E-state index in [2.05, 4.69) is 33.8 Å². The molecule has 2 aliphatic heterocycles. The first kappa shape index (κ1) is 23.8. The van der Waals surface area contributed by atoms with Gasteiger partial charge in [-0.25, -0.2) is 14.6 Å². The minimum Gasteiger partial charge on any atom is -0.373 e. The zero-order chi connectivity index (χ0) is 23.7. The summed E-state index contributed by atoms with van der Waals surface area (Å²) >= 11 is 0. The second-order valence-electron chi connectivity index (χ2n) is 9.99. The summed E-state index contributed by atoms with van der Waals surface area (Å²) < 4.78 is 7.63. The lowest BCUT2D eigenvalue weighted by Crippen LogP contribution is -2.48. The highest BCUT2D eigenvalue weighted by molar-refractivity contribution is 5.79. The first-order valence-electron chi connectivity index (χ1n) is 12.2. The van der Waals surface area contributed by atoms with Crippen molar-refractivity contribution in [1.29, 1.82) is 0 Å². The van der Waals surface area contributed by atoms with Crippen molar-refractivity contribution in [2.45, 2.75) is 73.0 Å². The monoisotopic (exact) mass is 454 g/mol. The molecule has 0 N–H and O–H groups in total. The van der Waals surface area contributed by atoms with Gasteiger partial charge >= 0.3 is 0 Å². The Labute approximate surface area is 197 Å². The van der Waals surface area contributed by atoms with Crippen LogP contribution in [0.5, 0.6) is 0 Å². The van der Waals surface area contributed by atoms with Crippen molar-refractivity contribution in [2.24, 2.45) is 5.92 Å². The average molecular weight is 455 g/mol. The summed E-state index contributed by atoms with van der Waals surface area (Å²) in [7, 11) is 0. The summed E-state index contributed by atoms with van der Waals surface area (Å²) in [5.74, 6) is 1.41. The van der Waals surface area contributed by atoms with Crippen LogP contribution in [0.25, 0.3) is 5.95 Å². The number of piperidine rings is 1. The van der Waals surface area contributed by atoms with E-state index in [1.54, 1.807) is 4.68 Å². The number of hydrogen-bond donors (Lipinski definition) is 0. The van der Waals surface area contributed by atoms with Crippen molar-refractivity contribution in [1.82, 2.24) is 29.5 Å². The molecule has 4 heterocycles. The maximum absolute atomic E-state index is 13.1. The predicted octanol–water partition coefficient (Wildman–Crippen LogP) is 2.79. The molecule has 0 aliphatic carbocycles. The summed E-state index contributed by atoms with van der Waals surface area (Å²) in [5, 5.41) is 4.66. The number of ether oxygens (including phenoxy) is 1. The van der Waals surface area contributed by atoms with Gasteiger partial charge in [-0.1, -0.05) is 0 Å². The smallest absolute Gasteiger partial charge is 0.251 e. The predicted molar refractivity (Wildman–Crippen MR) is 128 cm³/mol. The van der Waals surface area contributed by atoms with Crippen molar-refractivity contribution < 1.29 is 9.53 Å². The minimum atomic E-state index is 0.189. The van der Waals surface area contributed by atoms with Crippen LogP contribution in [0.4, 0.5) is 0 Å². The van der Waals surface area contributed by atoms with Crippen molar-refractivity contribution in [3.63, 3.8) is 0 Å². The Hall–Kier alpha value is -2.32. The molecule has 8 nitrogen and oxygen atoms in total. The van der Waals surface area contributed by atoms with Gasteiger partial charge in [-0.3, -0.25) is 9.69 Å². The van der Waals surface area contributed by atoms with Crippen LogP contribution in [0, 0.1) is 33.6 Å². The molecule has 180 valence electrons. The Balaban J connectivity index is 1.35. The molecular formula is C25H38N6O2. The third-order valence-corrected chi connectivity index (χ3v) is 6.91. The maximum atomic E-state index is 13.1. The fraction of sp³-hybridized carbons (Fsp3) is 0.680. The van der Waals surface area contributed by atoms with Crippen LogP contribution in [0.3, 0.4) is 0 Å². The number of rotatable bonds is 5. The molecule has 0 bridgehead atoms. The number of amides is 1. The Morgan fingerprint density at radius 1 is 1.03 bits per heavy atom. The van der Waals surface area contributed by atoms with E-state index < -0.39 is 0 Å². The number of hydrogen-bond acceptors (Lipinski definition) is 6. The van der Waals surface area contributed by atoms with E-state index >= 15 is 0 Å². The molecule has 2 atom stereocenters. The average Bonchev–Trinajstić information content (AvgIpc) is 3.01. The number of morpholine rings is 1. The van der Waals surface area contributed by atoms with Crippen LogP contribution in [0.15, 0.2) is 6.07 Å². The molecule has 2 aromatic rings. The van der Waals surface area contributed by atoms with E-state index in [4.69, 9.17) is 4.74 Å². The lowest BCUT2D eigenvalue weighted by atomic mass is 9.95.